The molecule has 1 amide bonds. The second-order valence-corrected chi connectivity index (χ2v) is 7.42. The summed E-state index contributed by atoms with van der Waals surface area (Å²) in [6.45, 7) is 3.17. The molecule has 1 aliphatic heterocycles. The number of aromatic amines is 1. The van der Waals surface area contributed by atoms with E-state index in [0.717, 1.165) is 44.1 Å². The Morgan fingerprint density at radius 3 is 2.62 bits per heavy atom. The van der Waals surface area contributed by atoms with E-state index in [1.54, 1.807) is 11.3 Å². The predicted octanol–water partition coefficient (Wildman–Crippen LogP) is 3.42. The fraction of sp³-hybridized carbons (Fsp3) is 0.300. The number of nitrogens with one attached hydrogen (secondary N) is 1. The van der Waals surface area contributed by atoms with Crippen LogP contribution in [0.15, 0.2) is 53.9 Å². The minimum absolute atomic E-state index is 0.245. The summed E-state index contributed by atoms with van der Waals surface area (Å²) in [6, 6.07) is 16.4. The first-order valence-electron chi connectivity index (χ1n) is 8.95. The van der Waals surface area contributed by atoms with Crippen LogP contribution in [0.1, 0.15) is 12.0 Å². The van der Waals surface area contributed by atoms with Gasteiger partial charge in [0.15, 0.2) is 5.82 Å². The van der Waals surface area contributed by atoms with E-state index in [1.165, 1.54) is 10.4 Å². The zero-order chi connectivity index (χ0) is 17.8. The van der Waals surface area contributed by atoms with Crippen molar-refractivity contribution in [1.29, 1.82) is 0 Å². The fourth-order valence-electron chi connectivity index (χ4n) is 3.27. The smallest absolute Gasteiger partial charge is 0.223 e. The van der Waals surface area contributed by atoms with Gasteiger partial charge in [-0.25, -0.2) is 0 Å². The van der Waals surface area contributed by atoms with Gasteiger partial charge in [0, 0.05) is 38.7 Å². The third-order valence-corrected chi connectivity index (χ3v) is 5.68. The van der Waals surface area contributed by atoms with Crippen LogP contribution in [0.4, 0.5) is 5.82 Å². The highest BCUT2D eigenvalue weighted by Gasteiger charge is 2.22. The first kappa shape index (κ1) is 16.8. The third kappa shape index (κ3) is 3.80. The first-order chi connectivity index (χ1) is 12.8. The Labute approximate surface area is 157 Å². The summed E-state index contributed by atoms with van der Waals surface area (Å²) in [6.07, 6.45) is 1.39. The van der Waals surface area contributed by atoms with Crippen LogP contribution in [-0.4, -0.2) is 47.2 Å². The van der Waals surface area contributed by atoms with Crippen LogP contribution in [0.25, 0.3) is 10.6 Å². The summed E-state index contributed by atoms with van der Waals surface area (Å²) in [5, 5.41) is 9.63. The molecule has 1 aliphatic rings. The molecule has 1 N–H and O–H groups in total. The lowest BCUT2D eigenvalue weighted by Crippen LogP contribution is -2.49. The minimum Gasteiger partial charge on any atom is -0.352 e. The Balaban J connectivity index is 1.29. The van der Waals surface area contributed by atoms with Crippen LogP contribution in [0.3, 0.4) is 0 Å². The quantitative estimate of drug-likeness (QED) is 0.753. The zero-order valence-electron chi connectivity index (χ0n) is 14.6. The molecule has 0 atom stereocenters. The molecular weight excluding hydrogens is 344 g/mol. The summed E-state index contributed by atoms with van der Waals surface area (Å²) in [5.41, 5.74) is 2.27. The monoisotopic (exact) mass is 366 g/mol. The van der Waals surface area contributed by atoms with E-state index in [0.29, 0.717) is 6.42 Å². The molecule has 1 aromatic carbocycles. The molecule has 5 nitrogen and oxygen atoms in total. The molecule has 0 unspecified atom stereocenters. The molecule has 0 radical (unpaired) electrons. The van der Waals surface area contributed by atoms with Crippen molar-refractivity contribution in [1.82, 2.24) is 15.1 Å². The van der Waals surface area contributed by atoms with Gasteiger partial charge in [0.2, 0.25) is 5.91 Å². The van der Waals surface area contributed by atoms with Crippen molar-refractivity contribution in [3.05, 3.63) is 59.5 Å². The van der Waals surface area contributed by atoms with Crippen molar-refractivity contribution < 1.29 is 4.79 Å². The number of carbonyl (C=O) groups excluding carboxylic acids is 1. The number of carbonyl (C=O) groups is 1. The summed E-state index contributed by atoms with van der Waals surface area (Å²) >= 11 is 1.70. The molecule has 3 aromatic rings. The lowest BCUT2D eigenvalue weighted by Gasteiger charge is -2.34. The Hall–Kier alpha value is -2.60. The molecular formula is C20H22N4OS. The van der Waals surface area contributed by atoms with Crippen molar-refractivity contribution in [2.45, 2.75) is 12.8 Å². The second kappa shape index (κ2) is 7.74. The number of piperazine rings is 1. The summed E-state index contributed by atoms with van der Waals surface area (Å²) in [7, 11) is 0. The van der Waals surface area contributed by atoms with E-state index in [2.05, 4.69) is 44.7 Å². The van der Waals surface area contributed by atoms with E-state index >= 15 is 0 Å². The molecule has 2 aromatic heterocycles. The van der Waals surface area contributed by atoms with Crippen LogP contribution in [0.2, 0.25) is 0 Å². The van der Waals surface area contributed by atoms with Crippen molar-refractivity contribution in [2.75, 3.05) is 31.1 Å². The Bertz CT molecular complexity index is 836. The minimum atomic E-state index is 0.245. The molecule has 1 fully saturated rings. The zero-order valence-corrected chi connectivity index (χ0v) is 15.4. The first-order valence-corrected chi connectivity index (χ1v) is 9.83. The number of rotatable bonds is 5. The Morgan fingerprint density at radius 1 is 1.08 bits per heavy atom. The molecule has 26 heavy (non-hydrogen) atoms. The highest BCUT2D eigenvalue weighted by molar-refractivity contribution is 7.13. The highest BCUT2D eigenvalue weighted by Crippen LogP contribution is 2.26. The van der Waals surface area contributed by atoms with Gasteiger partial charge in [-0.2, -0.15) is 5.10 Å². The number of hydrogen-bond acceptors (Lipinski definition) is 4. The molecule has 3 heterocycles. The normalized spacial score (nSPS) is 14.6. The number of aromatic nitrogens is 2. The topological polar surface area (TPSA) is 52.2 Å². The number of amides is 1. The third-order valence-electron chi connectivity index (χ3n) is 4.78. The summed E-state index contributed by atoms with van der Waals surface area (Å²) in [4.78, 5) is 17.9. The van der Waals surface area contributed by atoms with E-state index in [1.807, 2.05) is 29.2 Å². The van der Waals surface area contributed by atoms with Crippen molar-refractivity contribution in [2.24, 2.45) is 0 Å². The maximum atomic E-state index is 12.5. The molecule has 0 bridgehead atoms. The van der Waals surface area contributed by atoms with Crippen LogP contribution < -0.4 is 4.90 Å². The van der Waals surface area contributed by atoms with E-state index in [9.17, 15) is 4.79 Å². The van der Waals surface area contributed by atoms with Crippen LogP contribution >= 0.6 is 11.3 Å². The fourth-order valence-corrected chi connectivity index (χ4v) is 3.96. The maximum absolute atomic E-state index is 12.5. The van der Waals surface area contributed by atoms with Gasteiger partial charge < -0.3 is 9.80 Å². The van der Waals surface area contributed by atoms with Gasteiger partial charge in [0.1, 0.15) is 0 Å². The molecule has 0 saturated carbocycles. The average Bonchev–Trinajstić information content (AvgIpc) is 3.38. The van der Waals surface area contributed by atoms with Gasteiger partial charge in [-0.15, -0.1) is 11.3 Å². The largest absolute Gasteiger partial charge is 0.352 e. The lowest BCUT2D eigenvalue weighted by molar-refractivity contribution is -0.131. The average molecular weight is 366 g/mol. The number of benzene rings is 1. The predicted molar refractivity (Wildman–Crippen MR) is 105 cm³/mol. The molecule has 0 aliphatic carbocycles. The Kier molecular flexibility index (Phi) is 5.02. The van der Waals surface area contributed by atoms with Gasteiger partial charge in [-0.05, 0) is 23.4 Å². The molecule has 0 spiro atoms. The van der Waals surface area contributed by atoms with Gasteiger partial charge in [0.25, 0.3) is 0 Å². The second-order valence-electron chi connectivity index (χ2n) is 6.47. The van der Waals surface area contributed by atoms with E-state index in [-0.39, 0.29) is 5.91 Å². The number of hydrogen-bond donors (Lipinski definition) is 1. The van der Waals surface area contributed by atoms with Gasteiger partial charge >= 0.3 is 0 Å². The van der Waals surface area contributed by atoms with Gasteiger partial charge in [-0.3, -0.25) is 9.89 Å². The lowest BCUT2D eigenvalue weighted by atomic mass is 10.1. The van der Waals surface area contributed by atoms with Crippen LogP contribution in [-0.2, 0) is 11.2 Å². The van der Waals surface area contributed by atoms with Crippen LogP contribution in [0.5, 0.6) is 0 Å². The summed E-state index contributed by atoms with van der Waals surface area (Å²) in [5.74, 6) is 1.21. The van der Waals surface area contributed by atoms with Gasteiger partial charge in [-0.1, -0.05) is 36.4 Å². The number of nitrogens with zero attached hydrogens (tertiary/aromatic N) is 3. The van der Waals surface area contributed by atoms with Crippen molar-refractivity contribution in [3.63, 3.8) is 0 Å². The molecule has 4 rings (SSSR count). The standard InChI is InChI=1S/C20H22N4OS/c25-20(9-8-16-5-2-1-3-6-16)24-12-10-23(11-13-24)19-15-17(21-22-19)18-7-4-14-26-18/h1-7,14-15H,8-13H2,(H,21,22). The SMILES string of the molecule is O=C(CCc1ccccc1)N1CCN(c2cc(-c3cccs3)[nH]n2)CC1. The highest BCUT2D eigenvalue weighted by atomic mass is 32.1. The van der Waals surface area contributed by atoms with Crippen LogP contribution in [0, 0.1) is 0 Å². The van der Waals surface area contributed by atoms with Crippen molar-refractivity contribution >= 4 is 23.1 Å². The molecule has 6 heteroatoms. The summed E-state index contributed by atoms with van der Waals surface area (Å²) < 4.78 is 0. The number of anilines is 1. The maximum Gasteiger partial charge on any atom is 0.223 e. The van der Waals surface area contributed by atoms with E-state index in [4.69, 9.17) is 0 Å². The molecule has 1 saturated heterocycles. The number of thiophene rings is 1. The van der Waals surface area contributed by atoms with Crippen molar-refractivity contribution in [3.8, 4) is 10.6 Å². The number of aryl methyl sites for hydroxylation is 1. The van der Waals surface area contributed by atoms with Gasteiger partial charge in [0.05, 0.1) is 10.6 Å². The molecule has 134 valence electrons. The van der Waals surface area contributed by atoms with E-state index < -0.39 is 0 Å². The number of H-pyrrole nitrogens is 1. The Morgan fingerprint density at radius 2 is 1.88 bits per heavy atom.